The molecular formula is C19H19NO3. The van der Waals surface area contributed by atoms with E-state index in [0.29, 0.717) is 18.8 Å². The molecule has 0 atom stereocenters. The monoisotopic (exact) mass is 309 g/mol. The molecular weight excluding hydrogens is 290 g/mol. The van der Waals surface area contributed by atoms with Gasteiger partial charge in [-0.3, -0.25) is 0 Å². The maximum atomic E-state index is 6.01. The summed E-state index contributed by atoms with van der Waals surface area (Å²) in [5, 5.41) is 0.993. The fourth-order valence-corrected chi connectivity index (χ4v) is 2.30. The Kier molecular flexibility index (Phi) is 4.74. The maximum absolute atomic E-state index is 6.01. The van der Waals surface area contributed by atoms with Gasteiger partial charge in [0.1, 0.15) is 11.3 Å². The summed E-state index contributed by atoms with van der Waals surface area (Å²) in [4.78, 5) is 4.61. The smallest absolute Gasteiger partial charge is 0.225 e. The zero-order chi connectivity index (χ0) is 16.1. The summed E-state index contributed by atoms with van der Waals surface area (Å²) in [5.74, 6) is 0.754. The Labute approximate surface area is 135 Å². The number of methoxy groups -OCH3 is 1. The number of ether oxygens (including phenoxy) is 2. The highest BCUT2D eigenvalue weighted by Gasteiger charge is 2.06. The molecule has 1 aromatic heterocycles. The van der Waals surface area contributed by atoms with Gasteiger partial charge in [-0.1, -0.05) is 18.2 Å². The molecule has 0 fully saturated rings. The van der Waals surface area contributed by atoms with Crippen LogP contribution in [0.4, 0.5) is 5.69 Å². The molecule has 0 bridgehead atoms. The van der Waals surface area contributed by atoms with Crippen LogP contribution in [0.3, 0.4) is 0 Å². The van der Waals surface area contributed by atoms with E-state index < -0.39 is 0 Å². The van der Waals surface area contributed by atoms with Gasteiger partial charge in [-0.25, -0.2) is 4.99 Å². The van der Waals surface area contributed by atoms with Gasteiger partial charge in [-0.05, 0) is 37.3 Å². The number of hydrogen-bond donors (Lipinski definition) is 0. The van der Waals surface area contributed by atoms with Crippen molar-refractivity contribution in [1.29, 1.82) is 0 Å². The number of rotatable bonds is 5. The van der Waals surface area contributed by atoms with Crippen molar-refractivity contribution >= 4 is 16.7 Å². The van der Waals surface area contributed by atoms with Crippen molar-refractivity contribution < 1.29 is 13.9 Å². The van der Waals surface area contributed by atoms with Crippen molar-refractivity contribution in [2.45, 2.75) is 13.5 Å². The van der Waals surface area contributed by atoms with Crippen LogP contribution in [0.1, 0.15) is 12.5 Å². The van der Waals surface area contributed by atoms with Gasteiger partial charge in [-0.2, -0.15) is 0 Å². The summed E-state index contributed by atoms with van der Waals surface area (Å²) in [6, 6.07) is 17.5. The minimum absolute atomic E-state index is 0.466. The standard InChI is InChI=1S/C19H19NO3/c1-3-22-13-15-11-14-9-10-17(21-2)12-18(14)23-19(15)20-16-7-5-4-6-8-16/h4-12H,3,13H2,1-2H3. The zero-order valence-corrected chi connectivity index (χ0v) is 13.3. The number of benzene rings is 2. The SMILES string of the molecule is CCOCc1cc2ccc(OC)cc2oc1=Nc1ccccc1. The zero-order valence-electron chi connectivity index (χ0n) is 13.3. The molecule has 0 saturated heterocycles. The average molecular weight is 309 g/mol. The molecule has 0 spiro atoms. The number of nitrogens with zero attached hydrogens (tertiary/aromatic N) is 1. The topological polar surface area (TPSA) is 44.0 Å². The van der Waals surface area contributed by atoms with Crippen LogP contribution in [-0.4, -0.2) is 13.7 Å². The summed E-state index contributed by atoms with van der Waals surface area (Å²) in [5.41, 5.74) is 3.06. The van der Waals surface area contributed by atoms with Gasteiger partial charge in [0.2, 0.25) is 5.55 Å². The normalized spacial score (nSPS) is 11.8. The lowest BCUT2D eigenvalue weighted by Crippen LogP contribution is -2.10. The van der Waals surface area contributed by atoms with Gasteiger partial charge in [0.05, 0.1) is 19.4 Å². The molecule has 2 aromatic carbocycles. The van der Waals surface area contributed by atoms with E-state index in [9.17, 15) is 0 Å². The minimum atomic E-state index is 0.466. The van der Waals surface area contributed by atoms with Crippen LogP contribution in [0.15, 0.2) is 64.0 Å². The van der Waals surface area contributed by atoms with E-state index in [0.717, 1.165) is 28.0 Å². The fourth-order valence-electron chi connectivity index (χ4n) is 2.30. The molecule has 0 radical (unpaired) electrons. The molecule has 0 N–H and O–H groups in total. The highest BCUT2D eigenvalue weighted by Crippen LogP contribution is 2.21. The van der Waals surface area contributed by atoms with Gasteiger partial charge >= 0.3 is 0 Å². The minimum Gasteiger partial charge on any atom is -0.497 e. The first kappa shape index (κ1) is 15.3. The summed E-state index contributed by atoms with van der Waals surface area (Å²) >= 11 is 0. The van der Waals surface area contributed by atoms with Crippen LogP contribution in [-0.2, 0) is 11.3 Å². The highest BCUT2D eigenvalue weighted by molar-refractivity contribution is 5.78. The quantitative estimate of drug-likeness (QED) is 0.709. The first-order valence-electron chi connectivity index (χ1n) is 7.58. The second kappa shape index (κ2) is 7.11. The van der Waals surface area contributed by atoms with Crippen LogP contribution in [0, 0.1) is 0 Å². The lowest BCUT2D eigenvalue weighted by Gasteiger charge is -2.06. The van der Waals surface area contributed by atoms with Gasteiger partial charge in [0, 0.05) is 23.6 Å². The second-order valence-corrected chi connectivity index (χ2v) is 5.07. The number of hydrogen-bond acceptors (Lipinski definition) is 4. The number of fused-ring (bicyclic) bond motifs is 1. The third-order valence-electron chi connectivity index (χ3n) is 3.48. The lowest BCUT2D eigenvalue weighted by molar-refractivity contribution is 0.131. The largest absolute Gasteiger partial charge is 0.497 e. The predicted molar refractivity (Wildman–Crippen MR) is 89.8 cm³/mol. The molecule has 4 nitrogen and oxygen atoms in total. The summed E-state index contributed by atoms with van der Waals surface area (Å²) in [7, 11) is 1.64. The van der Waals surface area contributed by atoms with E-state index in [2.05, 4.69) is 11.1 Å². The Morgan fingerprint density at radius 1 is 1.04 bits per heavy atom. The summed E-state index contributed by atoms with van der Waals surface area (Å²) in [6.07, 6.45) is 0. The van der Waals surface area contributed by atoms with Crippen molar-refractivity contribution in [3.8, 4) is 5.75 Å². The maximum Gasteiger partial charge on any atom is 0.225 e. The molecule has 0 saturated carbocycles. The molecule has 118 valence electrons. The fraction of sp³-hybridized carbons (Fsp3) is 0.211. The van der Waals surface area contributed by atoms with Crippen molar-refractivity contribution in [2.24, 2.45) is 4.99 Å². The molecule has 0 unspecified atom stereocenters. The van der Waals surface area contributed by atoms with Crippen molar-refractivity contribution in [2.75, 3.05) is 13.7 Å². The average Bonchev–Trinajstić information content (AvgIpc) is 2.60. The molecule has 0 aliphatic heterocycles. The Morgan fingerprint density at radius 2 is 1.87 bits per heavy atom. The van der Waals surface area contributed by atoms with E-state index in [1.165, 1.54) is 0 Å². The molecule has 0 aliphatic rings. The van der Waals surface area contributed by atoms with E-state index in [1.807, 2.05) is 55.5 Å². The third kappa shape index (κ3) is 3.60. The second-order valence-electron chi connectivity index (χ2n) is 5.07. The van der Waals surface area contributed by atoms with E-state index in [1.54, 1.807) is 7.11 Å². The summed E-state index contributed by atoms with van der Waals surface area (Å²) < 4.78 is 16.8. The van der Waals surface area contributed by atoms with Crippen LogP contribution in [0.25, 0.3) is 11.0 Å². The molecule has 1 heterocycles. The molecule has 0 amide bonds. The Balaban J connectivity index is 2.17. The van der Waals surface area contributed by atoms with E-state index >= 15 is 0 Å². The predicted octanol–water partition coefficient (Wildman–Crippen LogP) is 4.21. The van der Waals surface area contributed by atoms with Gasteiger partial charge in [-0.15, -0.1) is 0 Å². The van der Waals surface area contributed by atoms with E-state index in [4.69, 9.17) is 13.9 Å². The molecule has 23 heavy (non-hydrogen) atoms. The molecule has 3 rings (SSSR count). The molecule has 3 aromatic rings. The number of para-hydroxylation sites is 1. The first-order valence-corrected chi connectivity index (χ1v) is 7.58. The molecule has 4 heteroatoms. The van der Waals surface area contributed by atoms with Crippen LogP contribution >= 0.6 is 0 Å². The van der Waals surface area contributed by atoms with Crippen molar-refractivity contribution in [3.63, 3.8) is 0 Å². The van der Waals surface area contributed by atoms with Crippen molar-refractivity contribution in [1.82, 2.24) is 0 Å². The third-order valence-corrected chi connectivity index (χ3v) is 3.48. The Bertz CT molecular complexity index is 853. The first-order chi connectivity index (χ1) is 11.3. The van der Waals surface area contributed by atoms with Gasteiger partial charge in [0.25, 0.3) is 0 Å². The van der Waals surface area contributed by atoms with Crippen LogP contribution in [0.2, 0.25) is 0 Å². The Morgan fingerprint density at radius 3 is 2.61 bits per heavy atom. The lowest BCUT2D eigenvalue weighted by atomic mass is 10.2. The van der Waals surface area contributed by atoms with Crippen LogP contribution < -0.4 is 10.3 Å². The van der Waals surface area contributed by atoms with E-state index in [-0.39, 0.29) is 0 Å². The van der Waals surface area contributed by atoms with Gasteiger partial charge in [0.15, 0.2) is 0 Å². The van der Waals surface area contributed by atoms with Gasteiger partial charge < -0.3 is 13.9 Å². The van der Waals surface area contributed by atoms with Crippen LogP contribution in [0.5, 0.6) is 5.75 Å². The summed E-state index contributed by atoms with van der Waals surface area (Å²) in [6.45, 7) is 3.08. The molecule has 0 aliphatic carbocycles. The van der Waals surface area contributed by atoms with Crippen molar-refractivity contribution in [3.05, 3.63) is 65.7 Å². The highest BCUT2D eigenvalue weighted by atomic mass is 16.5. The Hall–Kier alpha value is -2.59.